The van der Waals surface area contributed by atoms with E-state index in [1.54, 1.807) is 27.4 Å². The third-order valence-corrected chi connectivity index (χ3v) is 8.06. The van der Waals surface area contributed by atoms with E-state index in [4.69, 9.17) is 33.0 Å². The second kappa shape index (κ2) is 13.1. The van der Waals surface area contributed by atoms with Crippen molar-refractivity contribution in [3.8, 4) is 23.3 Å². The topological polar surface area (TPSA) is 204 Å². The summed E-state index contributed by atoms with van der Waals surface area (Å²) in [4.78, 5) is 5.09. The smallest absolute Gasteiger partial charge is 0.265 e. The van der Waals surface area contributed by atoms with Gasteiger partial charge in [0.25, 0.3) is 20.2 Å². The Morgan fingerprint density at radius 1 is 0.875 bits per heavy atom. The van der Waals surface area contributed by atoms with E-state index < -0.39 is 31.7 Å². The number of fused-ring (bicyclic) bond motifs is 3. The predicted octanol–water partition coefficient (Wildman–Crippen LogP) is 1.51. The summed E-state index contributed by atoms with van der Waals surface area (Å²) in [6, 6.07) is 5.82. The molecule has 222 valence electrons. The highest BCUT2D eigenvalue weighted by molar-refractivity contribution is 7.89. The molecule has 2 heterocycles. The van der Waals surface area contributed by atoms with Crippen LogP contribution < -0.4 is 18.9 Å². The van der Waals surface area contributed by atoms with Crippen molar-refractivity contribution in [3.63, 3.8) is 0 Å². The Morgan fingerprint density at radius 2 is 1.55 bits per heavy atom. The summed E-state index contributed by atoms with van der Waals surface area (Å²) in [7, 11) is -3.87. The molecule has 2 aliphatic rings. The second-order valence-electron chi connectivity index (χ2n) is 9.02. The van der Waals surface area contributed by atoms with Crippen molar-refractivity contribution < 1.29 is 50.0 Å². The van der Waals surface area contributed by atoms with Gasteiger partial charge in [-0.2, -0.15) is 16.8 Å². The van der Waals surface area contributed by atoms with Crippen LogP contribution in [0, 0.1) is 0 Å². The standard InChI is InChI=1S/C22H27N3O5.C2H6O6S2/c1-5-30-19-9-13-14-8-12(26)6-7-17(14)23-21(15(13)10-18(19)27-2)16-11-20(28-3)24-25-22(16)29-4;3-9(4,5)1-2-10(6,7)8/h9-12,14,17,26H,5-8H2,1-4H3;1-2H2,(H,3,4,5)(H,6,7,8)/t12-,14-,17-;/m1./s1. The van der Waals surface area contributed by atoms with Gasteiger partial charge in [0.05, 0.1) is 62.9 Å². The van der Waals surface area contributed by atoms with Crippen LogP contribution in [0.4, 0.5) is 0 Å². The van der Waals surface area contributed by atoms with Crippen molar-refractivity contribution in [1.29, 1.82) is 0 Å². The largest absolute Gasteiger partial charge is 0.493 e. The van der Waals surface area contributed by atoms with E-state index in [1.165, 1.54) is 0 Å². The Kier molecular flexibility index (Phi) is 10.3. The van der Waals surface area contributed by atoms with Crippen LogP contribution in [0.1, 0.15) is 48.8 Å². The SMILES string of the molecule is CCOc1cc2c(cc1OC)C(c1cc(OC)nnc1OC)=N[C@@H]1CC[C@@H](O)C[C@H]21.O=S(=O)(O)CCS(=O)(=O)O. The molecule has 1 aromatic carbocycles. The maximum atomic E-state index is 10.3. The number of aromatic nitrogens is 2. The van der Waals surface area contributed by atoms with Gasteiger partial charge in [-0.25, -0.2) is 0 Å². The zero-order valence-corrected chi connectivity index (χ0v) is 24.1. The lowest BCUT2D eigenvalue weighted by Crippen LogP contribution is -2.34. The number of aliphatic imine (C=N–C) groups is 1. The summed E-state index contributed by atoms with van der Waals surface area (Å²) in [5, 5.41) is 18.5. The maximum Gasteiger partial charge on any atom is 0.265 e. The van der Waals surface area contributed by atoms with Crippen molar-refractivity contribution in [2.24, 2.45) is 4.99 Å². The molecule has 4 rings (SSSR count). The van der Waals surface area contributed by atoms with Gasteiger partial charge < -0.3 is 24.1 Å². The van der Waals surface area contributed by atoms with Crippen LogP contribution in [0.2, 0.25) is 0 Å². The third kappa shape index (κ3) is 8.00. The first-order valence-electron chi connectivity index (χ1n) is 12.3. The number of benzene rings is 1. The Labute approximate surface area is 232 Å². The van der Waals surface area contributed by atoms with E-state index in [-0.39, 0.29) is 18.1 Å². The van der Waals surface area contributed by atoms with Crippen LogP contribution in [0.15, 0.2) is 23.2 Å². The van der Waals surface area contributed by atoms with Gasteiger partial charge in [-0.05, 0) is 43.9 Å². The summed E-state index contributed by atoms with van der Waals surface area (Å²) >= 11 is 0. The summed E-state index contributed by atoms with van der Waals surface area (Å²) < 4.78 is 77.6. The minimum absolute atomic E-state index is 0.0580. The average Bonchev–Trinajstić information content (AvgIpc) is 2.90. The zero-order valence-electron chi connectivity index (χ0n) is 22.5. The van der Waals surface area contributed by atoms with E-state index in [1.807, 2.05) is 19.1 Å². The quantitative estimate of drug-likeness (QED) is 0.348. The number of aliphatic hydroxyl groups is 1. The molecule has 0 amide bonds. The summed E-state index contributed by atoms with van der Waals surface area (Å²) in [5.41, 5.74) is 3.47. The molecule has 16 heteroatoms. The first-order chi connectivity index (χ1) is 18.8. The molecule has 3 N–H and O–H groups in total. The van der Waals surface area contributed by atoms with Gasteiger partial charge in [-0.3, -0.25) is 14.1 Å². The van der Waals surface area contributed by atoms with Gasteiger partial charge in [0, 0.05) is 17.5 Å². The molecule has 0 saturated heterocycles. The van der Waals surface area contributed by atoms with Gasteiger partial charge in [0.15, 0.2) is 11.5 Å². The number of rotatable bonds is 9. The molecule has 1 aliphatic carbocycles. The number of ether oxygens (including phenoxy) is 4. The van der Waals surface area contributed by atoms with Crippen LogP contribution >= 0.6 is 0 Å². The summed E-state index contributed by atoms with van der Waals surface area (Å²) in [6.45, 7) is 2.48. The van der Waals surface area contributed by atoms with Gasteiger partial charge >= 0.3 is 0 Å². The van der Waals surface area contributed by atoms with Gasteiger partial charge in [-0.15, -0.1) is 10.2 Å². The van der Waals surface area contributed by atoms with Crippen LogP contribution in [0.5, 0.6) is 23.3 Å². The number of hydrogen-bond acceptors (Lipinski definition) is 12. The highest BCUT2D eigenvalue weighted by Crippen LogP contribution is 2.45. The first-order valence-corrected chi connectivity index (χ1v) is 15.5. The van der Waals surface area contributed by atoms with Crippen LogP contribution in [0.3, 0.4) is 0 Å². The van der Waals surface area contributed by atoms with Crippen molar-refractivity contribution in [1.82, 2.24) is 10.2 Å². The molecule has 14 nitrogen and oxygen atoms in total. The molecule has 0 unspecified atom stereocenters. The number of hydrogen-bond donors (Lipinski definition) is 3. The molecule has 0 radical (unpaired) electrons. The van der Waals surface area contributed by atoms with Crippen LogP contribution in [0.25, 0.3) is 0 Å². The van der Waals surface area contributed by atoms with Gasteiger partial charge in [0.2, 0.25) is 11.8 Å². The van der Waals surface area contributed by atoms with Crippen molar-refractivity contribution in [3.05, 3.63) is 34.9 Å². The lowest BCUT2D eigenvalue weighted by atomic mass is 9.74. The molecule has 2 aromatic rings. The van der Waals surface area contributed by atoms with Gasteiger partial charge in [-0.1, -0.05) is 0 Å². The average molecular weight is 604 g/mol. The van der Waals surface area contributed by atoms with E-state index in [0.717, 1.165) is 29.7 Å². The highest BCUT2D eigenvalue weighted by Gasteiger charge is 2.38. The Hall–Kier alpha value is -3.05. The van der Waals surface area contributed by atoms with E-state index >= 15 is 0 Å². The number of methoxy groups -OCH3 is 3. The molecule has 1 saturated carbocycles. The molecule has 1 fully saturated rings. The van der Waals surface area contributed by atoms with Crippen LogP contribution in [-0.2, 0) is 20.2 Å². The molecule has 1 aliphatic heterocycles. The van der Waals surface area contributed by atoms with E-state index in [2.05, 4.69) is 10.2 Å². The predicted molar refractivity (Wildman–Crippen MR) is 144 cm³/mol. The Balaban J connectivity index is 0.000000378. The molecular formula is C24H33N3O11S2. The molecule has 40 heavy (non-hydrogen) atoms. The fourth-order valence-electron chi connectivity index (χ4n) is 4.58. The number of nitrogens with zero attached hydrogens (tertiary/aromatic N) is 3. The molecule has 0 spiro atoms. The van der Waals surface area contributed by atoms with E-state index in [0.29, 0.717) is 41.9 Å². The molecular weight excluding hydrogens is 570 g/mol. The number of aliphatic hydroxyl groups excluding tert-OH is 1. The van der Waals surface area contributed by atoms with Crippen molar-refractivity contribution >= 4 is 25.9 Å². The third-order valence-electron chi connectivity index (χ3n) is 6.37. The van der Waals surface area contributed by atoms with Crippen molar-refractivity contribution in [2.75, 3.05) is 39.4 Å². The Bertz CT molecular complexity index is 1410. The zero-order chi connectivity index (χ0) is 29.7. The normalized spacial score (nSPS) is 20.2. The minimum atomic E-state index is -4.30. The van der Waals surface area contributed by atoms with E-state index in [9.17, 15) is 21.9 Å². The fourth-order valence-corrected chi connectivity index (χ4v) is 6.26. The Morgan fingerprint density at radius 3 is 2.10 bits per heavy atom. The fraction of sp³-hybridized carbons (Fsp3) is 0.542. The maximum absolute atomic E-state index is 10.3. The highest BCUT2D eigenvalue weighted by atomic mass is 32.2. The summed E-state index contributed by atoms with van der Waals surface area (Å²) in [6.07, 6.45) is 1.88. The molecule has 1 aromatic heterocycles. The molecule has 3 atom stereocenters. The van der Waals surface area contributed by atoms with Gasteiger partial charge in [0.1, 0.15) is 0 Å². The minimum Gasteiger partial charge on any atom is -0.493 e. The first kappa shape index (κ1) is 31.5. The van der Waals surface area contributed by atoms with Crippen LogP contribution in [-0.4, -0.2) is 98.5 Å². The summed E-state index contributed by atoms with van der Waals surface area (Å²) in [5.74, 6) is 0.233. The second-order valence-corrected chi connectivity index (χ2v) is 12.2. The monoisotopic (exact) mass is 603 g/mol. The molecule has 0 bridgehead atoms. The van der Waals surface area contributed by atoms with Crippen molar-refractivity contribution in [2.45, 2.75) is 44.2 Å². The lowest BCUT2D eigenvalue weighted by Gasteiger charge is -2.37. The lowest BCUT2D eigenvalue weighted by molar-refractivity contribution is 0.111.